The van der Waals surface area contributed by atoms with Gasteiger partial charge in [-0.15, -0.1) is 11.3 Å². The van der Waals surface area contributed by atoms with Gasteiger partial charge in [-0.25, -0.2) is 9.78 Å². The molecule has 3 aromatic rings. The van der Waals surface area contributed by atoms with E-state index >= 15 is 0 Å². The molecule has 1 N–H and O–H groups in total. The minimum atomic E-state index is -1.10. The minimum absolute atomic E-state index is 0.0662. The van der Waals surface area contributed by atoms with Crippen LogP contribution in [0.4, 0.5) is 0 Å². The summed E-state index contributed by atoms with van der Waals surface area (Å²) in [5, 5.41) is 9.68. The molecule has 8 nitrogen and oxygen atoms in total. The van der Waals surface area contributed by atoms with Crippen molar-refractivity contribution < 1.29 is 24.2 Å². The highest BCUT2D eigenvalue weighted by Crippen LogP contribution is 2.33. The summed E-state index contributed by atoms with van der Waals surface area (Å²) in [6.07, 6.45) is 0.155. The van der Waals surface area contributed by atoms with Crippen LogP contribution in [0.25, 0.3) is 21.6 Å². The summed E-state index contributed by atoms with van der Waals surface area (Å²) in [7, 11) is 3.02. The lowest BCUT2D eigenvalue weighted by atomic mass is 10.1. The van der Waals surface area contributed by atoms with Gasteiger partial charge in [-0.3, -0.25) is 14.2 Å². The van der Waals surface area contributed by atoms with Crippen molar-refractivity contribution in [3.05, 3.63) is 39.0 Å². The van der Waals surface area contributed by atoms with Crippen LogP contribution in [-0.2, 0) is 11.3 Å². The molecular weight excluding hydrogens is 396 g/mol. The third-order valence-corrected chi connectivity index (χ3v) is 5.75. The van der Waals surface area contributed by atoms with E-state index in [9.17, 15) is 19.5 Å². The average Bonchev–Trinajstić information content (AvgIpc) is 3.03. The molecule has 0 radical (unpaired) electrons. The standard InChI is InChI=1S/C20H20N2O6S/c1-10(23)7-8-22-17(12-5-6-13(27-3)14(9-12)28-4)21-18-15(19(22)24)11(2)16(29-18)20(25)26/h5-6,9H,7-8H2,1-4H3,(H,25,26). The number of nitrogens with zero attached hydrogens (tertiary/aromatic N) is 2. The molecule has 0 spiro atoms. The lowest BCUT2D eigenvalue weighted by Crippen LogP contribution is -2.24. The summed E-state index contributed by atoms with van der Waals surface area (Å²) in [6.45, 7) is 3.18. The van der Waals surface area contributed by atoms with Crippen molar-refractivity contribution in [2.24, 2.45) is 0 Å². The Morgan fingerprint density at radius 2 is 1.90 bits per heavy atom. The molecule has 2 heterocycles. The maximum absolute atomic E-state index is 13.2. The first-order chi connectivity index (χ1) is 13.8. The molecule has 0 amide bonds. The number of aryl methyl sites for hydroxylation is 1. The van der Waals surface area contributed by atoms with Gasteiger partial charge < -0.3 is 14.6 Å². The highest BCUT2D eigenvalue weighted by molar-refractivity contribution is 7.20. The van der Waals surface area contributed by atoms with Gasteiger partial charge in [-0.05, 0) is 37.6 Å². The predicted molar refractivity (Wildman–Crippen MR) is 109 cm³/mol. The van der Waals surface area contributed by atoms with Crippen LogP contribution < -0.4 is 15.0 Å². The zero-order chi connectivity index (χ0) is 21.3. The number of hydrogen-bond donors (Lipinski definition) is 1. The van der Waals surface area contributed by atoms with Gasteiger partial charge in [-0.2, -0.15) is 0 Å². The third-order valence-electron chi connectivity index (χ3n) is 4.57. The Morgan fingerprint density at radius 1 is 1.21 bits per heavy atom. The molecule has 0 aliphatic rings. The van der Waals surface area contributed by atoms with Gasteiger partial charge in [0.1, 0.15) is 21.3 Å². The first-order valence-electron chi connectivity index (χ1n) is 8.77. The lowest BCUT2D eigenvalue weighted by Gasteiger charge is -2.14. The molecule has 152 valence electrons. The maximum atomic E-state index is 13.2. The second-order valence-electron chi connectivity index (χ2n) is 6.46. The van der Waals surface area contributed by atoms with E-state index in [0.717, 1.165) is 11.3 Å². The molecule has 2 aromatic heterocycles. The van der Waals surface area contributed by atoms with E-state index in [-0.39, 0.29) is 34.6 Å². The van der Waals surface area contributed by atoms with Crippen LogP contribution in [0.5, 0.6) is 11.5 Å². The Bertz CT molecular complexity index is 1180. The quantitative estimate of drug-likeness (QED) is 0.630. The van der Waals surface area contributed by atoms with E-state index in [1.165, 1.54) is 25.7 Å². The van der Waals surface area contributed by atoms with Crippen molar-refractivity contribution in [2.45, 2.75) is 26.8 Å². The van der Waals surface area contributed by atoms with Crippen molar-refractivity contribution in [3.8, 4) is 22.9 Å². The highest BCUT2D eigenvalue weighted by Gasteiger charge is 2.22. The Kier molecular flexibility index (Phi) is 5.69. The fourth-order valence-corrected chi connectivity index (χ4v) is 4.10. The second kappa shape index (κ2) is 8.04. The molecule has 0 unspecified atom stereocenters. The number of hydrogen-bond acceptors (Lipinski definition) is 7. The fraction of sp³-hybridized carbons (Fsp3) is 0.300. The zero-order valence-electron chi connectivity index (χ0n) is 16.4. The number of ether oxygens (including phenoxy) is 2. The summed E-state index contributed by atoms with van der Waals surface area (Å²) in [5.74, 6) is 0.153. The van der Waals surface area contributed by atoms with Gasteiger partial charge in [0.05, 0.1) is 19.6 Å². The summed E-state index contributed by atoms with van der Waals surface area (Å²) in [5.41, 5.74) is 0.598. The third kappa shape index (κ3) is 3.73. The predicted octanol–water partition coefficient (Wildman–Crippen LogP) is 3.13. The Balaban J connectivity index is 2.32. The van der Waals surface area contributed by atoms with Crippen LogP contribution in [0, 0.1) is 6.92 Å². The molecule has 0 aliphatic heterocycles. The zero-order valence-corrected chi connectivity index (χ0v) is 17.3. The topological polar surface area (TPSA) is 108 Å². The van der Waals surface area contributed by atoms with Gasteiger partial charge in [0.15, 0.2) is 11.5 Å². The second-order valence-corrected chi connectivity index (χ2v) is 7.45. The van der Waals surface area contributed by atoms with E-state index in [1.54, 1.807) is 25.1 Å². The Labute approximate surface area is 170 Å². The van der Waals surface area contributed by atoms with E-state index < -0.39 is 5.97 Å². The van der Waals surface area contributed by atoms with Crippen LogP contribution in [0.2, 0.25) is 0 Å². The van der Waals surface area contributed by atoms with Gasteiger partial charge in [0.25, 0.3) is 5.56 Å². The number of aromatic nitrogens is 2. The molecule has 0 bridgehead atoms. The smallest absolute Gasteiger partial charge is 0.346 e. The minimum Gasteiger partial charge on any atom is -0.493 e. The van der Waals surface area contributed by atoms with Gasteiger partial charge in [-0.1, -0.05) is 0 Å². The van der Waals surface area contributed by atoms with Crippen LogP contribution in [0.3, 0.4) is 0 Å². The lowest BCUT2D eigenvalue weighted by molar-refractivity contribution is -0.117. The molecule has 0 saturated carbocycles. The Morgan fingerprint density at radius 3 is 2.48 bits per heavy atom. The van der Waals surface area contributed by atoms with Gasteiger partial charge >= 0.3 is 5.97 Å². The van der Waals surface area contributed by atoms with Gasteiger partial charge in [0, 0.05) is 18.5 Å². The number of benzene rings is 1. The van der Waals surface area contributed by atoms with Crippen molar-refractivity contribution in [1.82, 2.24) is 9.55 Å². The number of carbonyl (C=O) groups is 2. The monoisotopic (exact) mass is 416 g/mol. The number of aromatic carboxylic acids is 1. The molecule has 3 rings (SSSR count). The number of carbonyl (C=O) groups excluding carboxylic acids is 1. The van der Waals surface area contributed by atoms with Crippen LogP contribution >= 0.6 is 11.3 Å². The van der Waals surface area contributed by atoms with E-state index in [0.29, 0.717) is 33.3 Å². The van der Waals surface area contributed by atoms with Crippen LogP contribution in [-0.4, -0.2) is 40.6 Å². The number of carboxylic acid groups (broad SMARTS) is 1. The van der Waals surface area contributed by atoms with E-state index in [2.05, 4.69) is 4.98 Å². The molecule has 29 heavy (non-hydrogen) atoms. The fourth-order valence-electron chi connectivity index (χ4n) is 3.09. The normalized spacial score (nSPS) is 10.9. The van der Waals surface area contributed by atoms with Crippen LogP contribution in [0.15, 0.2) is 23.0 Å². The molecule has 0 aliphatic carbocycles. The molecule has 1 aromatic carbocycles. The number of carboxylic acids is 1. The van der Waals surface area contributed by atoms with Crippen molar-refractivity contribution in [3.63, 3.8) is 0 Å². The first kappa shape index (κ1) is 20.5. The number of fused-ring (bicyclic) bond motifs is 1. The largest absolute Gasteiger partial charge is 0.493 e. The van der Waals surface area contributed by atoms with Crippen molar-refractivity contribution in [1.29, 1.82) is 0 Å². The summed E-state index contributed by atoms with van der Waals surface area (Å²) in [6, 6.07) is 5.12. The number of thiophene rings is 1. The summed E-state index contributed by atoms with van der Waals surface area (Å²) in [4.78, 5) is 41.3. The maximum Gasteiger partial charge on any atom is 0.346 e. The summed E-state index contributed by atoms with van der Waals surface area (Å²) >= 11 is 0.959. The van der Waals surface area contributed by atoms with Crippen molar-refractivity contribution >= 4 is 33.3 Å². The molecule has 0 saturated heterocycles. The van der Waals surface area contributed by atoms with E-state index in [4.69, 9.17) is 9.47 Å². The van der Waals surface area contributed by atoms with Crippen molar-refractivity contribution in [2.75, 3.05) is 14.2 Å². The number of ketones is 1. The van der Waals surface area contributed by atoms with Gasteiger partial charge in [0.2, 0.25) is 0 Å². The number of rotatable bonds is 7. The SMILES string of the molecule is COc1ccc(-c2nc3sc(C(=O)O)c(C)c3c(=O)n2CCC(C)=O)cc1OC. The molecular formula is C20H20N2O6S. The molecule has 0 fully saturated rings. The summed E-state index contributed by atoms with van der Waals surface area (Å²) < 4.78 is 12.0. The highest BCUT2D eigenvalue weighted by atomic mass is 32.1. The number of methoxy groups -OCH3 is 2. The number of Topliss-reactive ketones (excluding diaryl/α,β-unsaturated/α-hetero) is 1. The first-order valence-corrected chi connectivity index (χ1v) is 9.59. The molecule has 0 atom stereocenters. The average molecular weight is 416 g/mol. The molecule has 9 heteroatoms. The Hall–Kier alpha value is -3.20. The van der Waals surface area contributed by atoms with Crippen LogP contribution in [0.1, 0.15) is 28.6 Å². The van der Waals surface area contributed by atoms with E-state index in [1.807, 2.05) is 0 Å².